The fourth-order valence-corrected chi connectivity index (χ4v) is 4.68. The predicted molar refractivity (Wildman–Crippen MR) is 103 cm³/mol. The van der Waals surface area contributed by atoms with Crippen molar-refractivity contribution in [2.24, 2.45) is 0 Å². The van der Waals surface area contributed by atoms with E-state index >= 15 is 0 Å². The summed E-state index contributed by atoms with van der Waals surface area (Å²) in [5.74, 6) is -0.642. The molecule has 8 nitrogen and oxygen atoms in total. The Balaban J connectivity index is 1.59. The summed E-state index contributed by atoms with van der Waals surface area (Å²) >= 11 is 0. The Morgan fingerprint density at radius 3 is 2.39 bits per heavy atom. The number of hydrogen-bond donors (Lipinski definition) is 1. The number of nitrogens with zero attached hydrogens (tertiary/aromatic N) is 2. The molecule has 0 spiro atoms. The van der Waals surface area contributed by atoms with Crippen molar-refractivity contribution in [3.05, 3.63) is 54.1 Å². The second kappa shape index (κ2) is 7.34. The maximum atomic E-state index is 12.9. The lowest BCUT2D eigenvalue weighted by molar-refractivity contribution is -0.115. The second-order valence-corrected chi connectivity index (χ2v) is 8.44. The molecule has 2 aliphatic rings. The van der Waals surface area contributed by atoms with Crippen LogP contribution in [0.1, 0.15) is 10.4 Å². The Labute approximate surface area is 162 Å². The highest BCUT2D eigenvalue weighted by Crippen LogP contribution is 2.30. The van der Waals surface area contributed by atoms with Gasteiger partial charge in [-0.05, 0) is 36.4 Å². The predicted octanol–water partition coefficient (Wildman–Crippen LogP) is 1.31. The quantitative estimate of drug-likeness (QED) is 0.837. The Morgan fingerprint density at radius 1 is 1.00 bits per heavy atom. The van der Waals surface area contributed by atoms with Crippen molar-refractivity contribution in [3.8, 4) is 0 Å². The summed E-state index contributed by atoms with van der Waals surface area (Å²) in [6.07, 6.45) is 0. The fourth-order valence-electron chi connectivity index (χ4n) is 3.28. The van der Waals surface area contributed by atoms with Gasteiger partial charge in [0, 0.05) is 18.7 Å². The molecule has 28 heavy (non-hydrogen) atoms. The number of ether oxygens (including phenoxy) is 1. The van der Waals surface area contributed by atoms with Gasteiger partial charge in [0.05, 0.1) is 29.5 Å². The number of fused-ring (bicyclic) bond motifs is 1. The van der Waals surface area contributed by atoms with Crippen molar-refractivity contribution in [2.75, 3.05) is 43.1 Å². The van der Waals surface area contributed by atoms with Gasteiger partial charge in [0.25, 0.3) is 5.91 Å². The van der Waals surface area contributed by atoms with E-state index in [2.05, 4.69) is 5.32 Å². The topological polar surface area (TPSA) is 96.0 Å². The van der Waals surface area contributed by atoms with E-state index in [9.17, 15) is 18.0 Å². The van der Waals surface area contributed by atoms with Crippen LogP contribution in [0.15, 0.2) is 53.4 Å². The average Bonchev–Trinajstić information content (AvgIpc) is 2.73. The van der Waals surface area contributed by atoms with Crippen LogP contribution in [0, 0.1) is 0 Å². The van der Waals surface area contributed by atoms with Crippen LogP contribution in [0.3, 0.4) is 0 Å². The molecule has 0 aromatic heterocycles. The molecule has 146 valence electrons. The van der Waals surface area contributed by atoms with E-state index in [4.69, 9.17) is 4.74 Å². The number of amides is 2. The molecule has 0 unspecified atom stereocenters. The highest BCUT2D eigenvalue weighted by molar-refractivity contribution is 7.89. The SMILES string of the molecule is O=C1CN(C(=O)c2ccc(S(=O)(=O)N3CCOCC3)cc2)c2ccccc2N1. The first-order chi connectivity index (χ1) is 13.5. The van der Waals surface area contributed by atoms with Gasteiger partial charge in [0.15, 0.2) is 0 Å². The van der Waals surface area contributed by atoms with E-state index in [1.165, 1.54) is 33.5 Å². The number of anilines is 2. The molecule has 0 atom stereocenters. The summed E-state index contributed by atoms with van der Waals surface area (Å²) in [4.78, 5) is 26.4. The molecule has 2 heterocycles. The van der Waals surface area contributed by atoms with Gasteiger partial charge in [-0.25, -0.2) is 8.42 Å². The van der Waals surface area contributed by atoms with Gasteiger partial charge >= 0.3 is 0 Å². The summed E-state index contributed by atoms with van der Waals surface area (Å²) in [5.41, 5.74) is 1.49. The molecule has 0 bridgehead atoms. The van der Waals surface area contributed by atoms with Gasteiger partial charge in [0.1, 0.15) is 6.54 Å². The lowest BCUT2D eigenvalue weighted by Gasteiger charge is -2.29. The number of para-hydroxylation sites is 2. The van der Waals surface area contributed by atoms with Crippen molar-refractivity contribution >= 4 is 33.2 Å². The monoisotopic (exact) mass is 401 g/mol. The molecule has 2 aromatic carbocycles. The number of hydrogen-bond acceptors (Lipinski definition) is 5. The Morgan fingerprint density at radius 2 is 1.68 bits per heavy atom. The molecule has 1 saturated heterocycles. The minimum absolute atomic E-state index is 0.0936. The van der Waals surface area contributed by atoms with Gasteiger partial charge in [-0.1, -0.05) is 12.1 Å². The smallest absolute Gasteiger partial charge is 0.258 e. The third-order valence-corrected chi connectivity index (χ3v) is 6.64. The van der Waals surface area contributed by atoms with Crippen LogP contribution in [-0.4, -0.2) is 57.4 Å². The Hall–Kier alpha value is -2.75. The van der Waals surface area contributed by atoms with Gasteiger partial charge in [-0.3, -0.25) is 14.5 Å². The van der Waals surface area contributed by atoms with E-state index in [0.29, 0.717) is 43.2 Å². The lowest BCUT2D eigenvalue weighted by Crippen LogP contribution is -2.42. The van der Waals surface area contributed by atoms with Crippen LogP contribution < -0.4 is 10.2 Å². The number of sulfonamides is 1. The van der Waals surface area contributed by atoms with E-state index in [1.54, 1.807) is 24.3 Å². The average molecular weight is 401 g/mol. The summed E-state index contributed by atoms with van der Waals surface area (Å²) in [6, 6.07) is 12.8. The van der Waals surface area contributed by atoms with E-state index in [1.807, 2.05) is 0 Å². The minimum atomic E-state index is -3.62. The Kier molecular flexibility index (Phi) is 4.88. The molecule has 0 saturated carbocycles. The molecule has 0 aliphatic carbocycles. The number of benzene rings is 2. The normalized spacial score (nSPS) is 17.7. The maximum Gasteiger partial charge on any atom is 0.258 e. The van der Waals surface area contributed by atoms with Crippen LogP contribution in [-0.2, 0) is 19.6 Å². The third-order valence-electron chi connectivity index (χ3n) is 4.72. The number of carbonyl (C=O) groups excluding carboxylic acids is 2. The van der Waals surface area contributed by atoms with Gasteiger partial charge in [-0.2, -0.15) is 4.31 Å². The standard InChI is InChI=1S/C19H19N3O5S/c23-18-13-22(17-4-2-1-3-16(17)20-18)19(24)14-5-7-15(8-6-14)28(25,26)21-9-11-27-12-10-21/h1-8H,9-13H2,(H,20,23). The Bertz CT molecular complexity index is 1010. The van der Waals surface area contributed by atoms with Crippen molar-refractivity contribution in [1.82, 2.24) is 4.31 Å². The highest BCUT2D eigenvalue weighted by Gasteiger charge is 2.29. The summed E-state index contributed by atoms with van der Waals surface area (Å²) < 4.78 is 32.0. The first-order valence-corrected chi connectivity index (χ1v) is 10.3. The third kappa shape index (κ3) is 3.39. The largest absolute Gasteiger partial charge is 0.379 e. The number of rotatable bonds is 3. The first-order valence-electron chi connectivity index (χ1n) is 8.85. The van der Waals surface area contributed by atoms with Crippen LogP contribution in [0.2, 0.25) is 0 Å². The molecular weight excluding hydrogens is 382 g/mol. The molecule has 2 aromatic rings. The van der Waals surface area contributed by atoms with Crippen LogP contribution in [0.4, 0.5) is 11.4 Å². The molecule has 2 aliphatic heterocycles. The van der Waals surface area contributed by atoms with Gasteiger partial charge in [0.2, 0.25) is 15.9 Å². The van der Waals surface area contributed by atoms with Gasteiger partial charge in [-0.15, -0.1) is 0 Å². The summed E-state index contributed by atoms with van der Waals surface area (Å²) in [7, 11) is -3.62. The lowest BCUT2D eigenvalue weighted by atomic mass is 10.1. The molecule has 2 amide bonds. The second-order valence-electron chi connectivity index (χ2n) is 6.50. The number of morpholine rings is 1. The van der Waals surface area contributed by atoms with Crippen molar-refractivity contribution in [2.45, 2.75) is 4.90 Å². The zero-order chi connectivity index (χ0) is 19.7. The summed E-state index contributed by atoms with van der Waals surface area (Å²) in [6.45, 7) is 1.26. The highest BCUT2D eigenvalue weighted by atomic mass is 32.2. The fraction of sp³-hybridized carbons (Fsp3) is 0.263. The molecule has 4 rings (SSSR count). The van der Waals surface area contributed by atoms with E-state index in [-0.39, 0.29) is 23.3 Å². The van der Waals surface area contributed by atoms with E-state index < -0.39 is 10.0 Å². The zero-order valence-corrected chi connectivity index (χ0v) is 15.8. The van der Waals surface area contributed by atoms with Crippen molar-refractivity contribution < 1.29 is 22.7 Å². The van der Waals surface area contributed by atoms with Gasteiger partial charge < -0.3 is 10.1 Å². The van der Waals surface area contributed by atoms with Crippen LogP contribution in [0.5, 0.6) is 0 Å². The molecule has 0 radical (unpaired) electrons. The number of carbonyl (C=O) groups is 2. The number of nitrogens with one attached hydrogen (secondary N) is 1. The zero-order valence-electron chi connectivity index (χ0n) is 15.0. The molecule has 1 N–H and O–H groups in total. The molecular formula is C19H19N3O5S. The summed E-state index contributed by atoms with van der Waals surface area (Å²) in [5, 5.41) is 2.73. The van der Waals surface area contributed by atoms with E-state index in [0.717, 1.165) is 0 Å². The van der Waals surface area contributed by atoms with Crippen molar-refractivity contribution in [1.29, 1.82) is 0 Å². The molecule has 1 fully saturated rings. The van der Waals surface area contributed by atoms with Crippen LogP contribution in [0.25, 0.3) is 0 Å². The van der Waals surface area contributed by atoms with Crippen molar-refractivity contribution in [3.63, 3.8) is 0 Å². The minimum Gasteiger partial charge on any atom is -0.379 e. The first kappa shape index (κ1) is 18.6. The molecule has 9 heteroatoms. The van der Waals surface area contributed by atoms with Crippen LogP contribution >= 0.6 is 0 Å². The maximum absolute atomic E-state index is 12.9.